The van der Waals surface area contributed by atoms with Crippen molar-refractivity contribution in [2.24, 2.45) is 0 Å². The Hall–Kier alpha value is -0.870. The molecular weight excluding hydrogens is 328 g/mol. The molecule has 3 nitrogen and oxygen atoms in total. The van der Waals surface area contributed by atoms with Crippen molar-refractivity contribution in [1.82, 2.24) is 4.90 Å². The monoisotopic (exact) mass is 350 g/mol. The van der Waals surface area contributed by atoms with Gasteiger partial charge in [0.15, 0.2) is 5.78 Å². The lowest BCUT2D eigenvalue weighted by molar-refractivity contribution is 0.101. The molecule has 1 heterocycles. The second-order valence-electron chi connectivity index (χ2n) is 6.18. The van der Waals surface area contributed by atoms with E-state index in [9.17, 15) is 4.79 Å². The largest absolute Gasteiger partial charge is 0.368 e. The lowest BCUT2D eigenvalue weighted by atomic mass is 10.1. The molecule has 114 valence electrons. The molecule has 4 heteroatoms. The standard InChI is InChI=1S/C17H23BrN2O/c1-13(21)16-12-14(18)6-7-17(16)20-10-8-19(9-11-20)15-4-2-3-5-15/h6-7,12,15H,2-5,8-11H2,1H3. The molecule has 1 aromatic rings. The molecule has 0 N–H and O–H groups in total. The van der Waals surface area contributed by atoms with Crippen molar-refractivity contribution in [2.45, 2.75) is 38.6 Å². The summed E-state index contributed by atoms with van der Waals surface area (Å²) < 4.78 is 0.973. The number of piperazine rings is 1. The zero-order valence-electron chi connectivity index (χ0n) is 12.6. The van der Waals surface area contributed by atoms with Crippen LogP contribution in [0.5, 0.6) is 0 Å². The van der Waals surface area contributed by atoms with Gasteiger partial charge >= 0.3 is 0 Å². The van der Waals surface area contributed by atoms with Crippen molar-refractivity contribution < 1.29 is 4.79 Å². The Labute approximate surface area is 135 Å². The Kier molecular flexibility index (Phi) is 4.65. The number of anilines is 1. The molecule has 1 aliphatic heterocycles. The number of Topliss-reactive ketones (excluding diaryl/α,β-unsaturated/α-hetero) is 1. The van der Waals surface area contributed by atoms with Crippen molar-refractivity contribution in [1.29, 1.82) is 0 Å². The highest BCUT2D eigenvalue weighted by Gasteiger charge is 2.27. The smallest absolute Gasteiger partial charge is 0.161 e. The summed E-state index contributed by atoms with van der Waals surface area (Å²) in [5, 5.41) is 0. The van der Waals surface area contributed by atoms with E-state index in [1.165, 1.54) is 25.7 Å². The van der Waals surface area contributed by atoms with Crippen LogP contribution in [0.25, 0.3) is 0 Å². The van der Waals surface area contributed by atoms with Crippen molar-refractivity contribution in [3.05, 3.63) is 28.2 Å². The van der Waals surface area contributed by atoms with Gasteiger partial charge in [-0.2, -0.15) is 0 Å². The van der Waals surface area contributed by atoms with E-state index in [-0.39, 0.29) is 5.78 Å². The fraction of sp³-hybridized carbons (Fsp3) is 0.588. The molecule has 3 rings (SSSR count). The third-order valence-electron chi connectivity index (χ3n) is 4.83. The number of ketones is 1. The maximum Gasteiger partial charge on any atom is 0.161 e. The molecule has 0 radical (unpaired) electrons. The molecule has 0 bridgehead atoms. The SMILES string of the molecule is CC(=O)c1cc(Br)ccc1N1CCN(C2CCCC2)CC1. The minimum absolute atomic E-state index is 0.143. The Morgan fingerprint density at radius 3 is 2.43 bits per heavy atom. The molecule has 0 unspecified atom stereocenters. The van der Waals surface area contributed by atoms with Crippen molar-refractivity contribution in [2.75, 3.05) is 31.1 Å². The van der Waals surface area contributed by atoms with E-state index in [0.29, 0.717) is 0 Å². The van der Waals surface area contributed by atoms with E-state index in [1.54, 1.807) is 6.92 Å². The molecular formula is C17H23BrN2O. The van der Waals surface area contributed by atoms with Gasteiger partial charge in [0.1, 0.15) is 0 Å². The Morgan fingerprint density at radius 1 is 1.14 bits per heavy atom. The molecule has 21 heavy (non-hydrogen) atoms. The molecule has 2 fully saturated rings. The number of benzene rings is 1. The van der Waals surface area contributed by atoms with Gasteiger partial charge in [-0.25, -0.2) is 0 Å². The summed E-state index contributed by atoms with van der Waals surface area (Å²) in [6.07, 6.45) is 5.53. The van der Waals surface area contributed by atoms with Crippen LogP contribution in [0, 0.1) is 0 Å². The van der Waals surface area contributed by atoms with Crippen LogP contribution in [0.15, 0.2) is 22.7 Å². The van der Waals surface area contributed by atoms with Gasteiger partial charge in [-0.1, -0.05) is 28.8 Å². The van der Waals surface area contributed by atoms with Crippen LogP contribution in [0.2, 0.25) is 0 Å². The molecule has 1 saturated heterocycles. The first-order chi connectivity index (χ1) is 10.1. The molecule has 2 aliphatic rings. The first kappa shape index (κ1) is 15.0. The second-order valence-corrected chi connectivity index (χ2v) is 7.09. The lowest BCUT2D eigenvalue weighted by Gasteiger charge is -2.39. The van der Waals surface area contributed by atoms with Gasteiger partial charge < -0.3 is 4.90 Å². The van der Waals surface area contributed by atoms with Gasteiger partial charge in [-0.3, -0.25) is 9.69 Å². The predicted octanol–water partition coefficient (Wildman–Crippen LogP) is 3.72. The molecule has 1 saturated carbocycles. The number of carbonyl (C=O) groups is 1. The zero-order valence-corrected chi connectivity index (χ0v) is 14.2. The van der Waals surface area contributed by atoms with Crippen LogP contribution in [0.3, 0.4) is 0 Å². The first-order valence-corrected chi connectivity index (χ1v) is 8.74. The minimum Gasteiger partial charge on any atom is -0.368 e. The molecule has 1 aromatic carbocycles. The number of halogens is 1. The average molecular weight is 351 g/mol. The normalized spacial score (nSPS) is 21.0. The molecule has 1 aliphatic carbocycles. The summed E-state index contributed by atoms with van der Waals surface area (Å²) in [5.74, 6) is 0.143. The van der Waals surface area contributed by atoms with Gasteiger partial charge in [0.25, 0.3) is 0 Å². The number of carbonyl (C=O) groups excluding carboxylic acids is 1. The summed E-state index contributed by atoms with van der Waals surface area (Å²) in [4.78, 5) is 16.9. The van der Waals surface area contributed by atoms with Crippen LogP contribution in [0.4, 0.5) is 5.69 Å². The number of nitrogens with zero attached hydrogens (tertiary/aromatic N) is 2. The van der Waals surface area contributed by atoms with Gasteiger partial charge in [0.2, 0.25) is 0 Å². The molecule has 0 amide bonds. The lowest BCUT2D eigenvalue weighted by Crippen LogP contribution is -2.50. The third-order valence-corrected chi connectivity index (χ3v) is 5.33. The van der Waals surface area contributed by atoms with E-state index >= 15 is 0 Å². The summed E-state index contributed by atoms with van der Waals surface area (Å²) in [5.41, 5.74) is 1.93. The van der Waals surface area contributed by atoms with E-state index in [4.69, 9.17) is 0 Å². The average Bonchev–Trinajstić information content (AvgIpc) is 3.01. The van der Waals surface area contributed by atoms with E-state index in [2.05, 4.69) is 31.8 Å². The van der Waals surface area contributed by atoms with Crippen LogP contribution >= 0.6 is 15.9 Å². The first-order valence-electron chi connectivity index (χ1n) is 7.94. The summed E-state index contributed by atoms with van der Waals surface area (Å²) >= 11 is 3.46. The predicted molar refractivity (Wildman–Crippen MR) is 90.2 cm³/mol. The van der Waals surface area contributed by atoms with Gasteiger partial charge in [0.05, 0.1) is 0 Å². The van der Waals surface area contributed by atoms with E-state index in [1.807, 2.05) is 12.1 Å². The Bertz CT molecular complexity index is 518. The van der Waals surface area contributed by atoms with Crippen molar-refractivity contribution in [3.63, 3.8) is 0 Å². The van der Waals surface area contributed by atoms with Gasteiger partial charge in [-0.15, -0.1) is 0 Å². The highest BCUT2D eigenvalue weighted by Crippen LogP contribution is 2.28. The van der Waals surface area contributed by atoms with Crippen molar-refractivity contribution in [3.8, 4) is 0 Å². The molecule has 0 atom stereocenters. The third kappa shape index (κ3) is 3.32. The van der Waals surface area contributed by atoms with Crippen molar-refractivity contribution >= 4 is 27.4 Å². The van der Waals surface area contributed by atoms with Crippen LogP contribution in [0.1, 0.15) is 43.0 Å². The maximum atomic E-state index is 11.9. The quantitative estimate of drug-likeness (QED) is 0.776. The Balaban J connectivity index is 1.70. The summed E-state index contributed by atoms with van der Waals surface area (Å²) in [7, 11) is 0. The number of hydrogen-bond acceptors (Lipinski definition) is 3. The fourth-order valence-electron chi connectivity index (χ4n) is 3.66. The molecule has 0 spiro atoms. The summed E-state index contributed by atoms with van der Waals surface area (Å²) in [6.45, 7) is 5.95. The fourth-order valence-corrected chi connectivity index (χ4v) is 4.02. The van der Waals surface area contributed by atoms with E-state index in [0.717, 1.165) is 47.9 Å². The Morgan fingerprint density at radius 2 is 1.81 bits per heavy atom. The summed E-state index contributed by atoms with van der Waals surface area (Å²) in [6, 6.07) is 6.86. The highest BCUT2D eigenvalue weighted by molar-refractivity contribution is 9.10. The molecule has 0 aromatic heterocycles. The number of hydrogen-bond donors (Lipinski definition) is 0. The van der Waals surface area contributed by atoms with Crippen LogP contribution in [-0.4, -0.2) is 42.9 Å². The minimum atomic E-state index is 0.143. The highest BCUT2D eigenvalue weighted by atomic mass is 79.9. The van der Waals surface area contributed by atoms with Gasteiger partial charge in [0, 0.05) is 47.9 Å². The number of rotatable bonds is 3. The van der Waals surface area contributed by atoms with Crippen LogP contribution < -0.4 is 4.90 Å². The maximum absolute atomic E-state index is 11.9. The second kappa shape index (κ2) is 6.49. The van der Waals surface area contributed by atoms with Gasteiger partial charge in [-0.05, 0) is 38.0 Å². The zero-order chi connectivity index (χ0) is 14.8. The topological polar surface area (TPSA) is 23.6 Å². The van der Waals surface area contributed by atoms with Crippen LogP contribution in [-0.2, 0) is 0 Å². The van der Waals surface area contributed by atoms with E-state index < -0.39 is 0 Å².